The highest BCUT2D eigenvalue weighted by molar-refractivity contribution is 5.73. The van der Waals surface area contributed by atoms with Gasteiger partial charge in [-0.1, -0.05) is 0 Å². The first kappa shape index (κ1) is 12.9. The normalized spacial score (nSPS) is 11.5. The molecule has 19 heavy (non-hydrogen) atoms. The average Bonchev–Trinajstić information content (AvgIpc) is 2.76. The zero-order chi connectivity index (χ0) is 14.0. The number of H-pyrrole nitrogens is 1. The fourth-order valence-corrected chi connectivity index (χ4v) is 1.54. The van der Waals surface area contributed by atoms with Crippen molar-refractivity contribution in [2.75, 3.05) is 0 Å². The van der Waals surface area contributed by atoms with Gasteiger partial charge < -0.3 is 10.1 Å². The van der Waals surface area contributed by atoms with Crippen molar-refractivity contribution >= 4 is 5.97 Å². The van der Waals surface area contributed by atoms with Gasteiger partial charge >= 0.3 is 5.97 Å². The molecule has 2 heterocycles. The molecule has 0 spiro atoms. The number of carboxylic acid groups (broad SMARTS) is 1. The lowest BCUT2D eigenvalue weighted by atomic mass is 9.94. The molecular formula is C11H13N5O3. The summed E-state index contributed by atoms with van der Waals surface area (Å²) in [5, 5.41) is 20.2. The van der Waals surface area contributed by atoms with Gasteiger partial charge in [-0.15, -0.1) is 5.10 Å². The van der Waals surface area contributed by atoms with E-state index in [4.69, 9.17) is 5.11 Å². The number of hydrogen-bond acceptors (Lipinski definition) is 5. The smallest absolute Gasteiger partial charge is 0.310 e. The standard InChI is InChI=1S/C11H13N5O3/c1-11(2,10(18)19)6-16-9(13-14-15-16)7-3-4-12-8(17)5-7/h3-5H,6H2,1-2H3,(H,12,17)(H,18,19). The van der Waals surface area contributed by atoms with E-state index in [0.29, 0.717) is 11.4 Å². The Balaban J connectivity index is 2.38. The monoisotopic (exact) mass is 263 g/mol. The van der Waals surface area contributed by atoms with Crippen LogP contribution in [0.5, 0.6) is 0 Å². The molecule has 2 N–H and O–H groups in total. The van der Waals surface area contributed by atoms with E-state index in [2.05, 4.69) is 20.5 Å². The van der Waals surface area contributed by atoms with Gasteiger partial charge in [0.25, 0.3) is 0 Å². The third kappa shape index (κ3) is 2.67. The number of nitrogens with zero attached hydrogens (tertiary/aromatic N) is 4. The van der Waals surface area contributed by atoms with Gasteiger partial charge in [-0.2, -0.15) is 0 Å². The minimum atomic E-state index is -1.01. The number of aliphatic carboxylic acids is 1. The van der Waals surface area contributed by atoms with E-state index in [-0.39, 0.29) is 12.1 Å². The number of carboxylic acids is 1. The van der Waals surface area contributed by atoms with Crippen LogP contribution in [0, 0.1) is 5.41 Å². The Morgan fingerprint density at radius 2 is 2.26 bits per heavy atom. The highest BCUT2D eigenvalue weighted by Crippen LogP contribution is 2.21. The summed E-state index contributed by atoms with van der Waals surface area (Å²) in [7, 11) is 0. The van der Waals surface area contributed by atoms with Crippen molar-refractivity contribution in [1.29, 1.82) is 0 Å². The molecule has 0 fully saturated rings. The second kappa shape index (κ2) is 4.63. The van der Waals surface area contributed by atoms with E-state index < -0.39 is 11.4 Å². The van der Waals surface area contributed by atoms with Crippen molar-refractivity contribution in [1.82, 2.24) is 25.2 Å². The first-order chi connectivity index (χ1) is 8.90. The van der Waals surface area contributed by atoms with Gasteiger partial charge in [0, 0.05) is 17.8 Å². The van der Waals surface area contributed by atoms with Gasteiger partial charge in [-0.25, -0.2) is 4.68 Å². The number of aromatic amines is 1. The lowest BCUT2D eigenvalue weighted by molar-refractivity contribution is -0.147. The first-order valence-electron chi connectivity index (χ1n) is 5.59. The maximum atomic E-state index is 11.3. The largest absolute Gasteiger partial charge is 0.481 e. The van der Waals surface area contributed by atoms with Gasteiger partial charge in [-0.3, -0.25) is 9.59 Å². The molecule has 0 atom stereocenters. The molecule has 0 aromatic carbocycles. The van der Waals surface area contributed by atoms with Crippen molar-refractivity contribution in [2.24, 2.45) is 5.41 Å². The van der Waals surface area contributed by atoms with Crippen LogP contribution in [0.15, 0.2) is 23.1 Å². The summed E-state index contributed by atoms with van der Waals surface area (Å²) in [4.78, 5) is 24.9. The summed E-state index contributed by atoms with van der Waals surface area (Å²) in [6.07, 6.45) is 1.49. The molecule has 100 valence electrons. The maximum Gasteiger partial charge on any atom is 0.310 e. The van der Waals surface area contributed by atoms with E-state index in [1.807, 2.05) is 0 Å². The third-order valence-corrected chi connectivity index (χ3v) is 2.69. The summed E-state index contributed by atoms with van der Waals surface area (Å²) in [6, 6.07) is 3.01. The Kier molecular flexibility index (Phi) is 3.16. The fraction of sp³-hybridized carbons (Fsp3) is 0.364. The number of hydrogen-bond donors (Lipinski definition) is 2. The SMILES string of the molecule is CC(C)(Cn1nnnc1-c1cc[nH]c(=O)c1)C(=O)O. The Morgan fingerprint density at radius 1 is 1.53 bits per heavy atom. The molecule has 0 amide bonds. The Hall–Kier alpha value is -2.51. The topological polar surface area (TPSA) is 114 Å². The molecule has 2 aromatic heterocycles. The highest BCUT2D eigenvalue weighted by Gasteiger charge is 2.29. The first-order valence-corrected chi connectivity index (χ1v) is 5.59. The van der Waals surface area contributed by atoms with Crippen LogP contribution in [0.25, 0.3) is 11.4 Å². The van der Waals surface area contributed by atoms with E-state index in [1.165, 1.54) is 16.9 Å². The predicted octanol–water partition coefficient (Wildman–Crippen LogP) is 0.139. The second-order valence-corrected chi connectivity index (χ2v) is 4.79. The molecule has 0 bridgehead atoms. The van der Waals surface area contributed by atoms with Gasteiger partial charge in [-0.05, 0) is 30.3 Å². The number of pyridine rings is 1. The van der Waals surface area contributed by atoms with Crippen molar-refractivity contribution in [3.8, 4) is 11.4 Å². The quantitative estimate of drug-likeness (QED) is 0.811. The van der Waals surface area contributed by atoms with Gasteiger partial charge in [0.1, 0.15) is 0 Å². The molecule has 2 rings (SSSR count). The Labute approximate surface area is 108 Å². The molecule has 0 aliphatic heterocycles. The zero-order valence-electron chi connectivity index (χ0n) is 10.5. The molecule has 0 saturated carbocycles. The maximum absolute atomic E-state index is 11.3. The molecular weight excluding hydrogens is 250 g/mol. The summed E-state index contributed by atoms with van der Waals surface area (Å²) in [6.45, 7) is 3.27. The summed E-state index contributed by atoms with van der Waals surface area (Å²) in [5.74, 6) is -0.583. The van der Waals surface area contributed by atoms with Crippen LogP contribution in [-0.4, -0.2) is 36.3 Å². The number of rotatable bonds is 4. The Bertz CT molecular complexity index is 658. The zero-order valence-corrected chi connectivity index (χ0v) is 10.5. The predicted molar refractivity (Wildman–Crippen MR) is 65.3 cm³/mol. The molecule has 0 aliphatic carbocycles. The average molecular weight is 263 g/mol. The summed E-state index contributed by atoms with van der Waals surface area (Å²) < 4.78 is 1.38. The number of aromatic nitrogens is 5. The summed E-state index contributed by atoms with van der Waals surface area (Å²) in [5.41, 5.74) is -0.745. The number of carbonyl (C=O) groups is 1. The number of tetrazole rings is 1. The van der Waals surface area contributed by atoms with Crippen LogP contribution in [-0.2, 0) is 11.3 Å². The molecule has 0 unspecified atom stereocenters. The van der Waals surface area contributed by atoms with Crippen LogP contribution in [0.1, 0.15) is 13.8 Å². The van der Waals surface area contributed by atoms with E-state index >= 15 is 0 Å². The summed E-state index contributed by atoms with van der Waals surface area (Å²) >= 11 is 0. The van der Waals surface area contributed by atoms with Crippen LogP contribution >= 0.6 is 0 Å². The van der Waals surface area contributed by atoms with Crippen molar-refractivity contribution in [3.63, 3.8) is 0 Å². The molecule has 8 nitrogen and oxygen atoms in total. The van der Waals surface area contributed by atoms with Crippen LogP contribution in [0.3, 0.4) is 0 Å². The minimum Gasteiger partial charge on any atom is -0.481 e. The Morgan fingerprint density at radius 3 is 2.89 bits per heavy atom. The van der Waals surface area contributed by atoms with E-state index in [1.54, 1.807) is 19.9 Å². The fourth-order valence-electron chi connectivity index (χ4n) is 1.54. The minimum absolute atomic E-state index is 0.109. The van der Waals surface area contributed by atoms with Crippen molar-refractivity contribution in [3.05, 3.63) is 28.7 Å². The van der Waals surface area contributed by atoms with E-state index in [0.717, 1.165) is 0 Å². The van der Waals surface area contributed by atoms with Gasteiger partial charge in [0.05, 0.1) is 12.0 Å². The lowest BCUT2D eigenvalue weighted by Crippen LogP contribution is -2.30. The van der Waals surface area contributed by atoms with E-state index in [9.17, 15) is 9.59 Å². The number of nitrogens with one attached hydrogen (secondary N) is 1. The molecule has 2 aromatic rings. The molecule has 8 heteroatoms. The van der Waals surface area contributed by atoms with Crippen molar-refractivity contribution < 1.29 is 9.90 Å². The highest BCUT2D eigenvalue weighted by atomic mass is 16.4. The third-order valence-electron chi connectivity index (χ3n) is 2.69. The van der Waals surface area contributed by atoms with Crippen molar-refractivity contribution in [2.45, 2.75) is 20.4 Å². The molecule has 0 aliphatic rings. The lowest BCUT2D eigenvalue weighted by Gasteiger charge is -2.18. The second-order valence-electron chi connectivity index (χ2n) is 4.79. The van der Waals surface area contributed by atoms with Gasteiger partial charge in [0.15, 0.2) is 5.82 Å². The van der Waals surface area contributed by atoms with Gasteiger partial charge in [0.2, 0.25) is 5.56 Å². The van der Waals surface area contributed by atoms with Crippen LogP contribution in [0.2, 0.25) is 0 Å². The van der Waals surface area contributed by atoms with Crippen LogP contribution in [0.4, 0.5) is 0 Å². The molecule has 0 radical (unpaired) electrons. The van der Waals surface area contributed by atoms with Crippen LogP contribution < -0.4 is 5.56 Å². The molecule has 0 saturated heterocycles.